The van der Waals surface area contributed by atoms with Gasteiger partial charge in [-0.05, 0) is 29.5 Å². The number of carbonyl (C=O) groups excluding carboxylic acids is 1. The van der Waals surface area contributed by atoms with Crippen LogP contribution in [-0.2, 0) is 17.6 Å². The van der Waals surface area contributed by atoms with Gasteiger partial charge in [-0.3, -0.25) is 4.79 Å². The largest absolute Gasteiger partial charge is 0.349 e. The SMILES string of the molecule is CC(C)c1ccc(C(C)NC(=O)Cc2csc(Cc3ccccc3)n2)cc1. The molecule has 0 aliphatic rings. The second-order valence-corrected chi connectivity index (χ2v) is 8.12. The quantitative estimate of drug-likeness (QED) is 0.608. The summed E-state index contributed by atoms with van der Waals surface area (Å²) in [5.41, 5.74) is 4.51. The average molecular weight is 379 g/mol. The van der Waals surface area contributed by atoms with Gasteiger partial charge in [0, 0.05) is 11.8 Å². The molecule has 0 saturated carbocycles. The van der Waals surface area contributed by atoms with Crippen molar-refractivity contribution in [2.45, 2.75) is 45.6 Å². The van der Waals surface area contributed by atoms with Gasteiger partial charge in [0.15, 0.2) is 0 Å². The fourth-order valence-electron chi connectivity index (χ4n) is 2.99. The second kappa shape index (κ2) is 8.96. The Kier molecular flexibility index (Phi) is 6.40. The van der Waals surface area contributed by atoms with Crippen LogP contribution >= 0.6 is 11.3 Å². The van der Waals surface area contributed by atoms with Crippen molar-refractivity contribution in [1.29, 1.82) is 0 Å². The summed E-state index contributed by atoms with van der Waals surface area (Å²) in [5, 5.41) is 6.11. The number of nitrogens with zero attached hydrogens (tertiary/aromatic N) is 1. The summed E-state index contributed by atoms with van der Waals surface area (Å²) in [5.74, 6) is 0.519. The van der Waals surface area contributed by atoms with Crippen LogP contribution < -0.4 is 5.32 Å². The van der Waals surface area contributed by atoms with Crippen molar-refractivity contribution in [3.8, 4) is 0 Å². The molecule has 1 heterocycles. The molecule has 1 unspecified atom stereocenters. The monoisotopic (exact) mass is 378 g/mol. The first-order chi connectivity index (χ1) is 13.0. The molecule has 140 valence electrons. The Labute approximate surface area is 165 Å². The summed E-state index contributed by atoms with van der Waals surface area (Å²) < 4.78 is 0. The second-order valence-electron chi connectivity index (χ2n) is 7.18. The van der Waals surface area contributed by atoms with Crippen LogP contribution in [0.2, 0.25) is 0 Å². The van der Waals surface area contributed by atoms with E-state index in [0.717, 1.165) is 22.7 Å². The zero-order chi connectivity index (χ0) is 19.2. The molecule has 1 atom stereocenters. The minimum atomic E-state index is -0.0128. The number of hydrogen-bond donors (Lipinski definition) is 1. The highest BCUT2D eigenvalue weighted by Crippen LogP contribution is 2.19. The van der Waals surface area contributed by atoms with Crippen LogP contribution in [0.5, 0.6) is 0 Å². The highest BCUT2D eigenvalue weighted by Gasteiger charge is 2.12. The number of carbonyl (C=O) groups is 1. The molecule has 1 amide bonds. The van der Waals surface area contributed by atoms with E-state index in [1.54, 1.807) is 11.3 Å². The lowest BCUT2D eigenvalue weighted by Crippen LogP contribution is -2.28. The molecule has 3 nitrogen and oxygen atoms in total. The van der Waals surface area contributed by atoms with Crippen molar-refractivity contribution in [1.82, 2.24) is 10.3 Å². The van der Waals surface area contributed by atoms with Gasteiger partial charge < -0.3 is 5.32 Å². The third-order valence-corrected chi connectivity index (χ3v) is 5.52. The van der Waals surface area contributed by atoms with Crippen LogP contribution in [-0.4, -0.2) is 10.9 Å². The number of nitrogens with one attached hydrogen (secondary N) is 1. The van der Waals surface area contributed by atoms with Crippen molar-refractivity contribution >= 4 is 17.2 Å². The van der Waals surface area contributed by atoms with Gasteiger partial charge in [0.1, 0.15) is 0 Å². The van der Waals surface area contributed by atoms with Gasteiger partial charge in [-0.2, -0.15) is 0 Å². The normalized spacial score (nSPS) is 12.1. The number of thiazole rings is 1. The Bertz CT molecular complexity index is 869. The van der Waals surface area contributed by atoms with Gasteiger partial charge in [0.05, 0.1) is 23.2 Å². The summed E-state index contributed by atoms with van der Waals surface area (Å²) in [7, 11) is 0. The maximum Gasteiger partial charge on any atom is 0.226 e. The first-order valence-electron chi connectivity index (χ1n) is 9.37. The van der Waals surface area contributed by atoms with E-state index in [4.69, 9.17) is 0 Å². The number of benzene rings is 2. The van der Waals surface area contributed by atoms with E-state index in [2.05, 4.69) is 60.5 Å². The highest BCUT2D eigenvalue weighted by atomic mass is 32.1. The first kappa shape index (κ1) is 19.3. The Balaban J connectivity index is 1.54. The van der Waals surface area contributed by atoms with Gasteiger partial charge in [-0.25, -0.2) is 4.98 Å². The van der Waals surface area contributed by atoms with E-state index >= 15 is 0 Å². The summed E-state index contributed by atoms with van der Waals surface area (Å²) in [6.45, 7) is 6.38. The molecule has 0 aliphatic heterocycles. The molecule has 1 N–H and O–H groups in total. The Morgan fingerprint density at radius 1 is 1.00 bits per heavy atom. The minimum Gasteiger partial charge on any atom is -0.349 e. The maximum absolute atomic E-state index is 12.4. The molecular weight excluding hydrogens is 352 g/mol. The van der Waals surface area contributed by atoms with Crippen LogP contribution in [0.1, 0.15) is 60.1 Å². The lowest BCUT2D eigenvalue weighted by molar-refractivity contribution is -0.121. The number of amides is 1. The van der Waals surface area contributed by atoms with Crippen LogP contribution in [0.3, 0.4) is 0 Å². The van der Waals surface area contributed by atoms with E-state index in [1.807, 2.05) is 30.5 Å². The standard InChI is InChI=1S/C23H26N2OS/c1-16(2)19-9-11-20(12-10-19)17(3)24-22(26)14-21-15-27-23(25-21)13-18-7-5-4-6-8-18/h4-12,15-17H,13-14H2,1-3H3,(H,24,26). The predicted octanol–water partition coefficient (Wildman–Crippen LogP) is 5.28. The Hall–Kier alpha value is -2.46. The van der Waals surface area contributed by atoms with Crippen LogP contribution in [0.25, 0.3) is 0 Å². The summed E-state index contributed by atoms with van der Waals surface area (Å²) in [6, 6.07) is 18.7. The van der Waals surface area contributed by atoms with Crippen molar-refractivity contribution < 1.29 is 4.79 Å². The molecule has 4 heteroatoms. The fraction of sp³-hybridized carbons (Fsp3) is 0.304. The van der Waals surface area contributed by atoms with Gasteiger partial charge >= 0.3 is 0 Å². The molecule has 0 spiro atoms. The number of hydrogen-bond acceptors (Lipinski definition) is 3. The number of rotatable bonds is 7. The van der Waals surface area contributed by atoms with Crippen LogP contribution in [0, 0.1) is 0 Å². The van der Waals surface area contributed by atoms with Gasteiger partial charge in [0.25, 0.3) is 0 Å². The molecule has 0 aliphatic carbocycles. The number of aromatic nitrogens is 1. The average Bonchev–Trinajstić information content (AvgIpc) is 3.09. The lowest BCUT2D eigenvalue weighted by Gasteiger charge is -2.15. The summed E-state index contributed by atoms with van der Waals surface area (Å²) in [6.07, 6.45) is 1.13. The van der Waals surface area contributed by atoms with Gasteiger partial charge in [-0.1, -0.05) is 68.4 Å². The van der Waals surface area contributed by atoms with Crippen LogP contribution in [0.4, 0.5) is 0 Å². The molecule has 1 aromatic heterocycles. The smallest absolute Gasteiger partial charge is 0.226 e. The zero-order valence-electron chi connectivity index (χ0n) is 16.1. The van der Waals surface area contributed by atoms with Gasteiger partial charge in [0.2, 0.25) is 5.91 Å². The predicted molar refractivity (Wildman–Crippen MR) is 112 cm³/mol. The highest BCUT2D eigenvalue weighted by molar-refractivity contribution is 7.09. The minimum absolute atomic E-state index is 0.00648. The molecule has 0 fully saturated rings. The molecular formula is C23H26N2OS. The fourth-order valence-corrected chi connectivity index (χ4v) is 3.82. The van der Waals surface area contributed by atoms with E-state index in [0.29, 0.717) is 12.3 Å². The van der Waals surface area contributed by atoms with E-state index in [-0.39, 0.29) is 11.9 Å². The molecule has 0 radical (unpaired) electrons. The van der Waals surface area contributed by atoms with Crippen molar-refractivity contribution in [2.24, 2.45) is 0 Å². The van der Waals surface area contributed by atoms with Crippen LogP contribution in [0.15, 0.2) is 60.0 Å². The summed E-state index contributed by atoms with van der Waals surface area (Å²) >= 11 is 1.61. The Morgan fingerprint density at radius 3 is 2.33 bits per heavy atom. The zero-order valence-corrected chi connectivity index (χ0v) is 16.9. The molecule has 0 saturated heterocycles. The molecule has 3 rings (SSSR count). The van der Waals surface area contributed by atoms with E-state index in [9.17, 15) is 4.79 Å². The summed E-state index contributed by atoms with van der Waals surface area (Å²) in [4.78, 5) is 17.0. The Morgan fingerprint density at radius 2 is 1.67 bits per heavy atom. The molecule has 2 aromatic carbocycles. The third-order valence-electron chi connectivity index (χ3n) is 4.62. The lowest BCUT2D eigenvalue weighted by atomic mass is 9.99. The topological polar surface area (TPSA) is 42.0 Å². The van der Waals surface area contributed by atoms with Crippen molar-refractivity contribution in [3.05, 3.63) is 87.4 Å². The van der Waals surface area contributed by atoms with E-state index in [1.165, 1.54) is 11.1 Å². The van der Waals surface area contributed by atoms with Crippen molar-refractivity contribution in [2.75, 3.05) is 0 Å². The molecule has 3 aromatic rings. The maximum atomic E-state index is 12.4. The van der Waals surface area contributed by atoms with Gasteiger partial charge in [-0.15, -0.1) is 11.3 Å². The van der Waals surface area contributed by atoms with Crippen molar-refractivity contribution in [3.63, 3.8) is 0 Å². The van der Waals surface area contributed by atoms with E-state index < -0.39 is 0 Å². The third kappa shape index (κ3) is 5.51. The molecule has 27 heavy (non-hydrogen) atoms. The molecule has 0 bridgehead atoms. The first-order valence-corrected chi connectivity index (χ1v) is 10.3.